The van der Waals surface area contributed by atoms with E-state index in [0.717, 1.165) is 43.7 Å². The van der Waals surface area contributed by atoms with E-state index >= 15 is 0 Å². The van der Waals surface area contributed by atoms with Crippen LogP contribution in [-0.4, -0.2) is 45.3 Å². The first-order valence-corrected chi connectivity index (χ1v) is 10.3. The van der Waals surface area contributed by atoms with Crippen molar-refractivity contribution in [1.29, 1.82) is 0 Å². The zero-order valence-corrected chi connectivity index (χ0v) is 16.3. The van der Waals surface area contributed by atoms with Gasteiger partial charge in [0.2, 0.25) is 0 Å². The summed E-state index contributed by atoms with van der Waals surface area (Å²) >= 11 is 6.06. The van der Waals surface area contributed by atoms with Gasteiger partial charge in [0.25, 0.3) is 0 Å². The smallest absolute Gasteiger partial charge is 0.125 e. The number of aliphatic hydroxyl groups excluding tert-OH is 1. The predicted octanol–water partition coefficient (Wildman–Crippen LogP) is 3.87. The maximum atomic E-state index is 10.6. The number of aromatic amines is 1. The highest BCUT2D eigenvalue weighted by molar-refractivity contribution is 6.30. The van der Waals surface area contributed by atoms with Crippen molar-refractivity contribution in [3.8, 4) is 5.75 Å². The van der Waals surface area contributed by atoms with Gasteiger partial charge in [0, 0.05) is 42.4 Å². The number of ether oxygens (including phenoxy) is 1. The summed E-state index contributed by atoms with van der Waals surface area (Å²) < 4.78 is 6.09. The van der Waals surface area contributed by atoms with Crippen molar-refractivity contribution in [3.05, 3.63) is 59.5 Å². The zero-order chi connectivity index (χ0) is 19.1. The molecule has 1 aliphatic carbocycles. The van der Waals surface area contributed by atoms with Crippen molar-refractivity contribution >= 4 is 22.5 Å². The monoisotopic (exact) mass is 397 g/mol. The normalized spacial score (nSPS) is 27.8. The number of pyridine rings is 1. The maximum Gasteiger partial charge on any atom is 0.125 e. The molecule has 0 radical (unpaired) electrons. The van der Waals surface area contributed by atoms with Crippen molar-refractivity contribution in [3.63, 3.8) is 0 Å². The van der Waals surface area contributed by atoms with Crippen molar-refractivity contribution in [2.75, 3.05) is 13.1 Å². The number of aromatic nitrogens is 2. The summed E-state index contributed by atoms with van der Waals surface area (Å²) in [6.45, 7) is 3.00. The molecule has 2 aliphatic rings. The van der Waals surface area contributed by atoms with E-state index in [4.69, 9.17) is 16.3 Å². The van der Waals surface area contributed by atoms with Crippen LogP contribution in [-0.2, 0) is 6.54 Å². The molecule has 28 heavy (non-hydrogen) atoms. The molecule has 0 amide bonds. The topological polar surface area (TPSA) is 61.4 Å². The summed E-state index contributed by atoms with van der Waals surface area (Å²) in [5.41, 5.74) is 2.39. The molecule has 0 spiro atoms. The van der Waals surface area contributed by atoms with Gasteiger partial charge in [-0.05, 0) is 54.5 Å². The Kier molecular flexibility index (Phi) is 4.75. The molecule has 2 aromatic heterocycles. The summed E-state index contributed by atoms with van der Waals surface area (Å²) in [4.78, 5) is 10.00. The van der Waals surface area contributed by atoms with Crippen LogP contribution in [0.3, 0.4) is 0 Å². The third-order valence-corrected chi connectivity index (χ3v) is 6.44. The molecule has 4 atom stereocenters. The third kappa shape index (κ3) is 3.50. The van der Waals surface area contributed by atoms with Crippen LogP contribution >= 0.6 is 11.6 Å². The first kappa shape index (κ1) is 18.0. The molecule has 3 heterocycles. The average Bonchev–Trinajstić information content (AvgIpc) is 3.26. The van der Waals surface area contributed by atoms with Crippen molar-refractivity contribution < 1.29 is 9.84 Å². The number of hydrogen-bond acceptors (Lipinski definition) is 4. The predicted molar refractivity (Wildman–Crippen MR) is 109 cm³/mol. The highest BCUT2D eigenvalue weighted by atomic mass is 35.5. The number of aliphatic hydroxyl groups is 1. The van der Waals surface area contributed by atoms with Gasteiger partial charge in [0.05, 0.1) is 17.8 Å². The van der Waals surface area contributed by atoms with E-state index in [1.54, 1.807) is 0 Å². The molecular weight excluding hydrogens is 374 g/mol. The van der Waals surface area contributed by atoms with Crippen LogP contribution in [0.5, 0.6) is 5.75 Å². The quantitative estimate of drug-likeness (QED) is 0.701. The van der Waals surface area contributed by atoms with Gasteiger partial charge in [-0.15, -0.1) is 0 Å². The number of nitrogens with zero attached hydrogens (tertiary/aromatic N) is 2. The minimum Gasteiger partial charge on any atom is -0.488 e. The first-order chi connectivity index (χ1) is 13.7. The summed E-state index contributed by atoms with van der Waals surface area (Å²) in [7, 11) is 0. The number of benzene rings is 1. The number of rotatable bonds is 4. The van der Waals surface area contributed by atoms with Gasteiger partial charge < -0.3 is 14.8 Å². The summed E-state index contributed by atoms with van der Waals surface area (Å²) in [5.74, 6) is 1.82. The largest absolute Gasteiger partial charge is 0.488 e. The van der Waals surface area contributed by atoms with Crippen LogP contribution in [0.2, 0.25) is 5.02 Å². The molecular formula is C22H24ClN3O2. The number of H-pyrrole nitrogens is 1. The van der Waals surface area contributed by atoms with E-state index in [2.05, 4.69) is 27.1 Å². The number of fused-ring (bicyclic) bond motifs is 2. The number of halogens is 1. The van der Waals surface area contributed by atoms with E-state index < -0.39 is 6.10 Å². The highest BCUT2D eigenvalue weighted by Gasteiger charge is 2.42. The molecule has 5 rings (SSSR count). The highest BCUT2D eigenvalue weighted by Crippen LogP contribution is 2.39. The van der Waals surface area contributed by atoms with E-state index in [9.17, 15) is 5.11 Å². The lowest BCUT2D eigenvalue weighted by molar-refractivity contribution is -0.0231. The lowest BCUT2D eigenvalue weighted by Crippen LogP contribution is -2.42. The van der Waals surface area contributed by atoms with Gasteiger partial charge in [-0.3, -0.25) is 9.88 Å². The van der Waals surface area contributed by atoms with Gasteiger partial charge in [-0.25, -0.2) is 0 Å². The standard InChI is InChI=1S/C22H24ClN3O2/c23-17-2-1-3-18(8-17)28-22-7-15-12-26(11-14(15)6-21(22)27)13-16-9-25-20-10-24-5-4-19(16)20/h1-5,8-10,14-15,21-22,25,27H,6-7,11-13H2/t14-,15+,21+,22+/m0/s1. The molecule has 3 aromatic rings. The Hall–Kier alpha value is -2.08. The third-order valence-electron chi connectivity index (χ3n) is 6.21. The van der Waals surface area contributed by atoms with Crippen LogP contribution in [0.15, 0.2) is 48.9 Å². The molecule has 1 saturated heterocycles. The Morgan fingerprint density at radius 2 is 2.07 bits per heavy atom. The van der Waals surface area contributed by atoms with Crippen LogP contribution in [0, 0.1) is 11.8 Å². The Morgan fingerprint density at radius 1 is 1.21 bits per heavy atom. The van der Waals surface area contributed by atoms with E-state index in [1.807, 2.05) is 36.7 Å². The van der Waals surface area contributed by atoms with Crippen molar-refractivity contribution in [2.45, 2.75) is 31.6 Å². The van der Waals surface area contributed by atoms with Crippen LogP contribution in [0.4, 0.5) is 0 Å². The lowest BCUT2D eigenvalue weighted by Gasteiger charge is -2.35. The molecule has 2 fully saturated rings. The molecule has 1 aromatic carbocycles. The molecule has 0 bridgehead atoms. The second-order valence-electron chi connectivity index (χ2n) is 8.10. The van der Waals surface area contributed by atoms with Crippen LogP contribution < -0.4 is 4.74 Å². The summed E-state index contributed by atoms with van der Waals surface area (Å²) in [6, 6.07) is 9.49. The van der Waals surface area contributed by atoms with Gasteiger partial charge >= 0.3 is 0 Å². The Morgan fingerprint density at radius 3 is 2.93 bits per heavy atom. The number of hydrogen-bond donors (Lipinski definition) is 2. The van der Waals surface area contributed by atoms with E-state index in [1.165, 1.54) is 10.9 Å². The number of nitrogens with one attached hydrogen (secondary N) is 1. The van der Waals surface area contributed by atoms with Crippen molar-refractivity contribution in [1.82, 2.24) is 14.9 Å². The van der Waals surface area contributed by atoms with Gasteiger partial charge in [-0.2, -0.15) is 0 Å². The second-order valence-corrected chi connectivity index (χ2v) is 8.54. The van der Waals surface area contributed by atoms with Crippen LogP contribution in [0.25, 0.3) is 10.9 Å². The first-order valence-electron chi connectivity index (χ1n) is 9.88. The van der Waals surface area contributed by atoms with Gasteiger partial charge in [0.15, 0.2) is 0 Å². The summed E-state index contributed by atoms with van der Waals surface area (Å²) in [5, 5.41) is 12.5. The fourth-order valence-corrected chi connectivity index (χ4v) is 5.04. The van der Waals surface area contributed by atoms with Gasteiger partial charge in [0.1, 0.15) is 11.9 Å². The molecule has 1 aliphatic heterocycles. The molecule has 6 heteroatoms. The summed E-state index contributed by atoms with van der Waals surface area (Å²) in [6.07, 6.45) is 6.89. The van der Waals surface area contributed by atoms with Gasteiger partial charge in [-0.1, -0.05) is 17.7 Å². The number of likely N-dealkylation sites (tertiary alicyclic amines) is 1. The molecule has 1 saturated carbocycles. The van der Waals surface area contributed by atoms with Crippen molar-refractivity contribution in [2.24, 2.45) is 11.8 Å². The minimum absolute atomic E-state index is 0.168. The Balaban J connectivity index is 1.25. The average molecular weight is 398 g/mol. The Bertz CT molecular complexity index is 975. The van der Waals surface area contributed by atoms with E-state index in [0.29, 0.717) is 16.9 Å². The molecule has 5 nitrogen and oxygen atoms in total. The Labute approximate surface area is 169 Å². The molecule has 0 unspecified atom stereocenters. The maximum absolute atomic E-state index is 10.6. The fraction of sp³-hybridized carbons (Fsp3) is 0.409. The lowest BCUT2D eigenvalue weighted by atomic mass is 9.78. The van der Waals surface area contributed by atoms with Crippen LogP contribution in [0.1, 0.15) is 18.4 Å². The molecule has 2 N–H and O–H groups in total. The zero-order valence-electron chi connectivity index (χ0n) is 15.6. The molecule has 146 valence electrons. The second kappa shape index (κ2) is 7.39. The minimum atomic E-state index is -0.431. The van der Waals surface area contributed by atoms with E-state index in [-0.39, 0.29) is 6.10 Å². The fourth-order valence-electron chi connectivity index (χ4n) is 4.86. The SMILES string of the molecule is O[C@@H]1C[C@H]2CN(Cc3c[nH]c4cnccc34)C[C@H]2C[C@H]1Oc1cccc(Cl)c1.